The van der Waals surface area contributed by atoms with Crippen molar-refractivity contribution in [3.8, 4) is 11.8 Å². The van der Waals surface area contributed by atoms with Crippen molar-refractivity contribution >= 4 is 11.0 Å². The van der Waals surface area contributed by atoms with E-state index in [1.807, 2.05) is 30.3 Å². The van der Waals surface area contributed by atoms with Gasteiger partial charge >= 0.3 is 0 Å². The number of rotatable bonds is 4. The standard InChI is InChI=1S/C14H15NO2/c1-10(2)7-8-16-14-11-5-3-4-6-12(11)17-13(14)9-15/h3-6,10H,7-8H2,1-2H3. The Hall–Kier alpha value is -1.95. The third-order valence-electron chi connectivity index (χ3n) is 2.59. The van der Waals surface area contributed by atoms with Gasteiger partial charge in [0.1, 0.15) is 11.7 Å². The molecule has 17 heavy (non-hydrogen) atoms. The average molecular weight is 229 g/mol. The number of nitrogens with zero attached hydrogens (tertiary/aromatic N) is 1. The first-order valence-corrected chi connectivity index (χ1v) is 5.76. The van der Waals surface area contributed by atoms with Crippen LogP contribution in [0.25, 0.3) is 11.0 Å². The summed E-state index contributed by atoms with van der Waals surface area (Å²) >= 11 is 0. The molecule has 0 aliphatic rings. The van der Waals surface area contributed by atoms with E-state index in [4.69, 9.17) is 14.4 Å². The normalized spacial score (nSPS) is 10.7. The fraction of sp³-hybridized carbons (Fsp3) is 0.357. The van der Waals surface area contributed by atoms with Crippen LogP contribution >= 0.6 is 0 Å². The summed E-state index contributed by atoms with van der Waals surface area (Å²) in [6, 6.07) is 9.57. The lowest BCUT2D eigenvalue weighted by atomic mass is 10.1. The second-order valence-electron chi connectivity index (χ2n) is 4.40. The third-order valence-corrected chi connectivity index (χ3v) is 2.59. The first-order chi connectivity index (χ1) is 8.22. The van der Waals surface area contributed by atoms with Crippen molar-refractivity contribution < 1.29 is 9.15 Å². The Morgan fingerprint density at radius 1 is 1.35 bits per heavy atom. The molecule has 0 radical (unpaired) electrons. The Labute approximate surface area is 101 Å². The van der Waals surface area contributed by atoms with Gasteiger partial charge in [-0.15, -0.1) is 0 Å². The number of hydrogen-bond acceptors (Lipinski definition) is 3. The Kier molecular flexibility index (Phi) is 3.34. The first kappa shape index (κ1) is 11.5. The van der Waals surface area contributed by atoms with Crippen molar-refractivity contribution in [3.05, 3.63) is 30.0 Å². The summed E-state index contributed by atoms with van der Waals surface area (Å²) in [5, 5.41) is 9.87. The molecule has 1 heterocycles. The summed E-state index contributed by atoms with van der Waals surface area (Å²) in [4.78, 5) is 0. The van der Waals surface area contributed by atoms with Gasteiger partial charge in [0.2, 0.25) is 5.76 Å². The monoisotopic (exact) mass is 229 g/mol. The molecule has 1 aromatic heterocycles. The molecule has 3 heteroatoms. The van der Waals surface area contributed by atoms with Gasteiger partial charge in [0.05, 0.1) is 12.0 Å². The van der Waals surface area contributed by atoms with Crippen LogP contribution in [0.3, 0.4) is 0 Å². The molecule has 0 fully saturated rings. The average Bonchev–Trinajstić information content (AvgIpc) is 2.67. The number of para-hydroxylation sites is 1. The molecule has 1 aromatic carbocycles. The number of furan rings is 1. The lowest BCUT2D eigenvalue weighted by Crippen LogP contribution is -2.01. The van der Waals surface area contributed by atoms with E-state index in [0.29, 0.717) is 23.9 Å². The predicted molar refractivity (Wildman–Crippen MR) is 65.9 cm³/mol. The van der Waals surface area contributed by atoms with Crippen LogP contribution in [0, 0.1) is 17.2 Å². The maximum atomic E-state index is 9.00. The van der Waals surface area contributed by atoms with Crippen molar-refractivity contribution in [3.63, 3.8) is 0 Å². The molecule has 88 valence electrons. The van der Waals surface area contributed by atoms with Crippen LogP contribution in [0.1, 0.15) is 26.0 Å². The van der Waals surface area contributed by atoms with Gasteiger partial charge in [-0.3, -0.25) is 0 Å². The van der Waals surface area contributed by atoms with Gasteiger partial charge in [-0.05, 0) is 24.5 Å². The van der Waals surface area contributed by atoms with Gasteiger partial charge in [-0.1, -0.05) is 26.0 Å². The summed E-state index contributed by atoms with van der Waals surface area (Å²) in [6.45, 7) is 4.89. The highest BCUT2D eigenvalue weighted by Gasteiger charge is 2.14. The van der Waals surface area contributed by atoms with Gasteiger partial charge in [0, 0.05) is 0 Å². The summed E-state index contributed by atoms with van der Waals surface area (Å²) in [7, 11) is 0. The highest BCUT2D eigenvalue weighted by atomic mass is 16.5. The van der Waals surface area contributed by atoms with Gasteiger partial charge in [0.15, 0.2) is 5.75 Å². The highest BCUT2D eigenvalue weighted by molar-refractivity contribution is 5.86. The Morgan fingerprint density at radius 2 is 2.12 bits per heavy atom. The van der Waals surface area contributed by atoms with Crippen molar-refractivity contribution in [2.24, 2.45) is 5.92 Å². The molecule has 0 atom stereocenters. The topological polar surface area (TPSA) is 46.2 Å². The maximum Gasteiger partial charge on any atom is 0.246 e. The largest absolute Gasteiger partial charge is 0.488 e. The minimum Gasteiger partial charge on any atom is -0.488 e. The minimum absolute atomic E-state index is 0.259. The molecule has 0 spiro atoms. The number of hydrogen-bond donors (Lipinski definition) is 0. The van der Waals surface area contributed by atoms with Gasteiger partial charge in [-0.25, -0.2) is 0 Å². The number of fused-ring (bicyclic) bond motifs is 1. The Bertz CT molecular complexity index is 549. The first-order valence-electron chi connectivity index (χ1n) is 5.76. The molecule has 0 N–H and O–H groups in total. The summed E-state index contributed by atoms with van der Waals surface area (Å²) < 4.78 is 11.1. The highest BCUT2D eigenvalue weighted by Crippen LogP contribution is 2.32. The molecular formula is C14H15NO2. The number of nitriles is 1. The third kappa shape index (κ3) is 2.42. The van der Waals surface area contributed by atoms with Gasteiger partial charge in [0.25, 0.3) is 0 Å². The summed E-state index contributed by atoms with van der Waals surface area (Å²) in [5.74, 6) is 1.41. The van der Waals surface area contributed by atoms with E-state index in [0.717, 1.165) is 11.8 Å². The van der Waals surface area contributed by atoms with E-state index < -0.39 is 0 Å². The number of ether oxygens (including phenoxy) is 1. The maximum absolute atomic E-state index is 9.00. The van der Waals surface area contributed by atoms with Crippen LogP contribution in [0.15, 0.2) is 28.7 Å². The van der Waals surface area contributed by atoms with Crippen molar-refractivity contribution in [2.75, 3.05) is 6.61 Å². The second-order valence-corrected chi connectivity index (χ2v) is 4.40. The molecule has 2 rings (SSSR count). The molecule has 0 aliphatic carbocycles. The van der Waals surface area contributed by atoms with E-state index in [9.17, 15) is 0 Å². The number of benzene rings is 1. The van der Waals surface area contributed by atoms with E-state index >= 15 is 0 Å². The summed E-state index contributed by atoms with van der Waals surface area (Å²) in [5.41, 5.74) is 0.698. The molecular weight excluding hydrogens is 214 g/mol. The smallest absolute Gasteiger partial charge is 0.246 e. The summed E-state index contributed by atoms with van der Waals surface area (Å²) in [6.07, 6.45) is 0.963. The van der Waals surface area contributed by atoms with Crippen molar-refractivity contribution in [1.29, 1.82) is 5.26 Å². The van der Waals surface area contributed by atoms with E-state index in [1.165, 1.54) is 0 Å². The fourth-order valence-electron chi connectivity index (χ4n) is 1.64. The quantitative estimate of drug-likeness (QED) is 0.802. The zero-order valence-corrected chi connectivity index (χ0v) is 10.1. The minimum atomic E-state index is 0.259. The predicted octanol–water partition coefficient (Wildman–Crippen LogP) is 3.73. The van der Waals surface area contributed by atoms with Crippen LogP contribution in [0.4, 0.5) is 0 Å². The van der Waals surface area contributed by atoms with Crippen LogP contribution in [0.5, 0.6) is 5.75 Å². The molecule has 0 saturated carbocycles. The van der Waals surface area contributed by atoms with Crippen LogP contribution in [-0.4, -0.2) is 6.61 Å². The molecule has 0 bridgehead atoms. The Morgan fingerprint density at radius 3 is 2.82 bits per heavy atom. The van der Waals surface area contributed by atoms with E-state index in [1.54, 1.807) is 0 Å². The molecule has 0 saturated heterocycles. The van der Waals surface area contributed by atoms with Crippen LogP contribution < -0.4 is 4.74 Å². The zero-order valence-electron chi connectivity index (χ0n) is 10.1. The Balaban J connectivity index is 2.28. The molecule has 0 aliphatic heterocycles. The second kappa shape index (κ2) is 4.92. The molecule has 0 amide bonds. The van der Waals surface area contributed by atoms with Crippen molar-refractivity contribution in [1.82, 2.24) is 0 Å². The SMILES string of the molecule is CC(C)CCOc1c(C#N)oc2ccccc12. The van der Waals surface area contributed by atoms with Gasteiger partial charge < -0.3 is 9.15 Å². The lowest BCUT2D eigenvalue weighted by molar-refractivity contribution is 0.287. The fourth-order valence-corrected chi connectivity index (χ4v) is 1.64. The van der Waals surface area contributed by atoms with Crippen molar-refractivity contribution in [2.45, 2.75) is 20.3 Å². The van der Waals surface area contributed by atoms with E-state index in [-0.39, 0.29) is 5.76 Å². The molecule has 3 nitrogen and oxygen atoms in total. The lowest BCUT2D eigenvalue weighted by Gasteiger charge is -2.06. The van der Waals surface area contributed by atoms with Crippen LogP contribution in [0.2, 0.25) is 0 Å². The molecule has 2 aromatic rings. The van der Waals surface area contributed by atoms with E-state index in [2.05, 4.69) is 13.8 Å². The zero-order chi connectivity index (χ0) is 12.3. The van der Waals surface area contributed by atoms with Gasteiger partial charge in [-0.2, -0.15) is 5.26 Å². The van der Waals surface area contributed by atoms with Crippen LogP contribution in [-0.2, 0) is 0 Å². The molecule has 0 unspecified atom stereocenters.